The Kier molecular flexibility index (Phi) is 7.90. The van der Waals surface area contributed by atoms with Gasteiger partial charge in [0.25, 0.3) is 0 Å². The van der Waals surface area contributed by atoms with Crippen LogP contribution in [0.3, 0.4) is 0 Å². The highest BCUT2D eigenvalue weighted by molar-refractivity contribution is 7.07. The summed E-state index contributed by atoms with van der Waals surface area (Å²) >= 11 is 1.74. The summed E-state index contributed by atoms with van der Waals surface area (Å²) in [6, 6.07) is 2.18. The zero-order chi connectivity index (χ0) is 16.6. The minimum atomic E-state index is 0.0829. The number of guanidine groups is 1. The molecule has 0 bridgehead atoms. The van der Waals surface area contributed by atoms with Gasteiger partial charge in [-0.15, -0.1) is 0 Å². The van der Waals surface area contributed by atoms with Crippen LogP contribution in [0.4, 0.5) is 0 Å². The van der Waals surface area contributed by atoms with Crippen molar-refractivity contribution >= 4 is 17.3 Å². The highest BCUT2D eigenvalue weighted by Crippen LogP contribution is 2.22. The van der Waals surface area contributed by atoms with Crippen molar-refractivity contribution in [2.75, 3.05) is 26.7 Å². The standard InChI is InChI=1S/C17H31N3OS/c1-7-18-16(20-11-15(21-6)17(3,4)5)19-10-13(2)14-8-9-22-12-14/h8-9,12-13,15H,7,10-11H2,1-6H3,(H2,18,19,20). The van der Waals surface area contributed by atoms with E-state index >= 15 is 0 Å². The second-order valence-electron chi connectivity index (χ2n) is 6.65. The number of methoxy groups -OCH3 is 1. The molecule has 0 radical (unpaired) electrons. The van der Waals surface area contributed by atoms with Crippen LogP contribution in [0.25, 0.3) is 0 Å². The topological polar surface area (TPSA) is 45.7 Å². The van der Waals surface area contributed by atoms with Crippen molar-refractivity contribution in [3.63, 3.8) is 0 Å². The van der Waals surface area contributed by atoms with Gasteiger partial charge in [-0.1, -0.05) is 27.7 Å². The number of ether oxygens (including phenoxy) is 1. The quantitative estimate of drug-likeness (QED) is 0.596. The Morgan fingerprint density at radius 2 is 2.09 bits per heavy atom. The molecule has 0 fully saturated rings. The van der Waals surface area contributed by atoms with Crippen LogP contribution >= 0.6 is 11.3 Å². The maximum absolute atomic E-state index is 5.57. The molecule has 4 nitrogen and oxygen atoms in total. The van der Waals surface area contributed by atoms with Crippen molar-refractivity contribution in [2.24, 2.45) is 10.4 Å². The van der Waals surface area contributed by atoms with Gasteiger partial charge in [-0.2, -0.15) is 11.3 Å². The number of nitrogens with zero attached hydrogens (tertiary/aromatic N) is 1. The lowest BCUT2D eigenvalue weighted by Gasteiger charge is -2.28. The molecule has 0 saturated carbocycles. The lowest BCUT2D eigenvalue weighted by atomic mass is 9.89. The third-order valence-corrected chi connectivity index (χ3v) is 4.40. The molecule has 0 amide bonds. The molecular formula is C17H31N3OS. The van der Waals surface area contributed by atoms with Crippen LogP contribution in [0.2, 0.25) is 0 Å². The predicted molar refractivity (Wildman–Crippen MR) is 97.0 cm³/mol. The first-order valence-corrected chi connectivity index (χ1v) is 8.89. The van der Waals surface area contributed by atoms with Crippen molar-refractivity contribution in [3.05, 3.63) is 22.4 Å². The zero-order valence-electron chi connectivity index (χ0n) is 14.8. The summed E-state index contributed by atoms with van der Waals surface area (Å²) in [7, 11) is 1.75. The molecule has 1 heterocycles. The fraction of sp³-hybridized carbons (Fsp3) is 0.706. The SMILES string of the molecule is CCNC(=NCC(OC)C(C)(C)C)NCC(C)c1ccsc1. The highest BCUT2D eigenvalue weighted by Gasteiger charge is 2.24. The van der Waals surface area contributed by atoms with Crippen molar-refractivity contribution in [1.29, 1.82) is 0 Å². The molecular weight excluding hydrogens is 294 g/mol. The first-order valence-electron chi connectivity index (χ1n) is 7.95. The van der Waals surface area contributed by atoms with Gasteiger partial charge in [-0.3, -0.25) is 4.99 Å². The van der Waals surface area contributed by atoms with Crippen molar-refractivity contribution in [1.82, 2.24) is 10.6 Å². The summed E-state index contributed by atoms with van der Waals surface area (Å²) in [5.41, 5.74) is 1.46. The largest absolute Gasteiger partial charge is 0.379 e. The van der Waals surface area contributed by atoms with Crippen molar-refractivity contribution < 1.29 is 4.74 Å². The molecule has 0 spiro atoms. The minimum absolute atomic E-state index is 0.0829. The van der Waals surface area contributed by atoms with Crippen LogP contribution in [0.1, 0.15) is 46.1 Å². The van der Waals surface area contributed by atoms with Gasteiger partial charge in [0.1, 0.15) is 0 Å². The Bertz CT molecular complexity index is 437. The molecule has 5 heteroatoms. The Labute approximate surface area is 139 Å². The normalized spacial score (nSPS) is 15.5. The highest BCUT2D eigenvalue weighted by atomic mass is 32.1. The Morgan fingerprint density at radius 3 is 2.59 bits per heavy atom. The Morgan fingerprint density at radius 1 is 1.36 bits per heavy atom. The predicted octanol–water partition coefficient (Wildman–Crippen LogP) is 3.47. The number of thiophene rings is 1. The number of nitrogens with one attached hydrogen (secondary N) is 2. The van der Waals surface area contributed by atoms with Gasteiger partial charge >= 0.3 is 0 Å². The van der Waals surface area contributed by atoms with Crippen LogP contribution < -0.4 is 10.6 Å². The molecule has 0 aliphatic heterocycles. The van der Waals surface area contributed by atoms with Crippen LogP contribution in [0.5, 0.6) is 0 Å². The summed E-state index contributed by atoms with van der Waals surface area (Å²) in [4.78, 5) is 4.68. The second-order valence-corrected chi connectivity index (χ2v) is 7.43. The number of rotatable bonds is 7. The number of aliphatic imine (C=N–C) groups is 1. The van der Waals surface area contributed by atoms with Crippen molar-refractivity contribution in [2.45, 2.75) is 46.6 Å². The summed E-state index contributed by atoms with van der Waals surface area (Å²) in [5, 5.41) is 11.1. The summed E-state index contributed by atoms with van der Waals surface area (Å²) in [6.45, 7) is 13.2. The summed E-state index contributed by atoms with van der Waals surface area (Å²) in [6.07, 6.45) is 0.109. The van der Waals surface area contributed by atoms with Gasteiger partial charge in [0.15, 0.2) is 5.96 Å². The molecule has 0 aliphatic carbocycles. The van der Waals surface area contributed by atoms with Gasteiger partial charge in [0.05, 0.1) is 12.6 Å². The monoisotopic (exact) mass is 325 g/mol. The van der Waals surface area contributed by atoms with Gasteiger partial charge in [-0.05, 0) is 40.6 Å². The van der Waals surface area contributed by atoms with E-state index in [1.807, 2.05) is 0 Å². The lowest BCUT2D eigenvalue weighted by molar-refractivity contribution is 0.0241. The molecule has 1 aromatic rings. The smallest absolute Gasteiger partial charge is 0.191 e. The van der Waals surface area contributed by atoms with E-state index in [1.165, 1.54) is 5.56 Å². The number of hydrogen-bond donors (Lipinski definition) is 2. The fourth-order valence-electron chi connectivity index (χ4n) is 2.14. The molecule has 1 rings (SSSR count). The molecule has 2 N–H and O–H groups in total. The van der Waals surface area contributed by atoms with Crippen LogP contribution in [-0.2, 0) is 4.74 Å². The molecule has 0 aliphatic rings. The van der Waals surface area contributed by atoms with Crippen LogP contribution in [0.15, 0.2) is 21.8 Å². The van der Waals surface area contributed by atoms with Gasteiger partial charge in [0, 0.05) is 20.2 Å². The first kappa shape index (κ1) is 19.0. The van der Waals surface area contributed by atoms with Crippen LogP contribution in [0, 0.1) is 5.41 Å². The van der Waals surface area contributed by atoms with Gasteiger partial charge < -0.3 is 15.4 Å². The van der Waals surface area contributed by atoms with E-state index in [0.29, 0.717) is 12.5 Å². The second kappa shape index (κ2) is 9.16. The van der Waals surface area contributed by atoms with E-state index < -0.39 is 0 Å². The summed E-state index contributed by atoms with van der Waals surface area (Å²) in [5.74, 6) is 1.33. The maximum Gasteiger partial charge on any atom is 0.191 e. The van der Waals surface area contributed by atoms with E-state index in [2.05, 4.69) is 67.1 Å². The van der Waals surface area contributed by atoms with Gasteiger partial charge in [-0.25, -0.2) is 0 Å². The fourth-order valence-corrected chi connectivity index (χ4v) is 2.92. The first-order chi connectivity index (χ1) is 10.4. The molecule has 1 aromatic heterocycles. The minimum Gasteiger partial charge on any atom is -0.379 e. The molecule has 2 atom stereocenters. The molecule has 0 aromatic carbocycles. The maximum atomic E-state index is 5.57. The third kappa shape index (κ3) is 6.36. The van der Waals surface area contributed by atoms with Crippen LogP contribution in [-0.4, -0.2) is 38.8 Å². The van der Waals surface area contributed by atoms with Gasteiger partial charge in [0.2, 0.25) is 0 Å². The van der Waals surface area contributed by atoms with E-state index in [0.717, 1.165) is 19.0 Å². The zero-order valence-corrected chi connectivity index (χ0v) is 15.6. The van der Waals surface area contributed by atoms with E-state index in [1.54, 1.807) is 18.4 Å². The average Bonchev–Trinajstić information content (AvgIpc) is 2.97. The van der Waals surface area contributed by atoms with E-state index in [4.69, 9.17) is 4.74 Å². The average molecular weight is 326 g/mol. The van der Waals surface area contributed by atoms with Crippen molar-refractivity contribution in [3.8, 4) is 0 Å². The Balaban J connectivity index is 2.58. The number of hydrogen-bond acceptors (Lipinski definition) is 3. The van der Waals surface area contributed by atoms with E-state index in [-0.39, 0.29) is 11.5 Å². The third-order valence-electron chi connectivity index (χ3n) is 3.70. The molecule has 126 valence electrons. The van der Waals surface area contributed by atoms with E-state index in [9.17, 15) is 0 Å². The molecule has 22 heavy (non-hydrogen) atoms. The Hall–Kier alpha value is -1.07. The summed E-state index contributed by atoms with van der Waals surface area (Å²) < 4.78 is 5.57. The molecule has 2 unspecified atom stereocenters. The molecule has 0 saturated heterocycles. The lowest BCUT2D eigenvalue weighted by Crippen LogP contribution is -2.40.